The molecule has 116 valence electrons. The summed E-state index contributed by atoms with van der Waals surface area (Å²) in [5.74, 6) is 0.0802. The van der Waals surface area contributed by atoms with E-state index in [2.05, 4.69) is 0 Å². The summed E-state index contributed by atoms with van der Waals surface area (Å²) in [6.07, 6.45) is 0. The van der Waals surface area contributed by atoms with E-state index in [1.165, 1.54) is 26.4 Å². The smallest absolute Gasteiger partial charge is 0.173 e. The van der Waals surface area contributed by atoms with Crippen LogP contribution in [0.5, 0.6) is 23.0 Å². The minimum absolute atomic E-state index is 0.0928. The summed E-state index contributed by atoms with van der Waals surface area (Å²) in [5, 5.41) is 19.1. The van der Waals surface area contributed by atoms with Crippen molar-refractivity contribution in [3.8, 4) is 23.0 Å². The lowest BCUT2D eigenvalue weighted by atomic mass is 9.91. The number of rotatable bonds is 5. The Hall–Kier alpha value is -2.69. The lowest BCUT2D eigenvalue weighted by Crippen LogP contribution is -2.10. The van der Waals surface area contributed by atoms with E-state index in [9.17, 15) is 15.0 Å². The van der Waals surface area contributed by atoms with Gasteiger partial charge in [0, 0.05) is 18.1 Å². The van der Waals surface area contributed by atoms with Crippen molar-refractivity contribution in [3.63, 3.8) is 0 Å². The first kappa shape index (κ1) is 15.7. The minimum Gasteiger partial charge on any atom is -0.508 e. The lowest BCUT2D eigenvalue weighted by molar-refractivity contribution is 0.0963. The molecule has 0 aromatic heterocycles. The third-order valence-corrected chi connectivity index (χ3v) is 3.51. The fourth-order valence-electron chi connectivity index (χ4n) is 2.19. The van der Waals surface area contributed by atoms with Crippen LogP contribution in [0, 0.1) is 0 Å². The van der Waals surface area contributed by atoms with Gasteiger partial charge in [0.05, 0.1) is 19.8 Å². The molecule has 0 saturated heterocycles. The van der Waals surface area contributed by atoms with E-state index in [0.717, 1.165) is 6.07 Å². The molecule has 0 fully saturated rings. The molecular weight excluding hydrogens is 284 g/mol. The maximum absolute atomic E-state index is 12.6. The van der Waals surface area contributed by atoms with Gasteiger partial charge in [-0.15, -0.1) is 0 Å². The van der Waals surface area contributed by atoms with Crippen LogP contribution in [-0.4, -0.2) is 30.2 Å². The number of ketones is 1. The molecule has 0 aliphatic rings. The highest BCUT2D eigenvalue weighted by atomic mass is 16.5. The molecule has 0 spiro atoms. The second-order valence-electron chi connectivity index (χ2n) is 4.93. The number of carbonyl (C=O) groups is 1. The Labute approximate surface area is 128 Å². The first-order chi connectivity index (χ1) is 10.5. The van der Waals surface area contributed by atoms with Gasteiger partial charge in [0.1, 0.15) is 23.0 Å². The number of aromatic hydroxyl groups is 2. The van der Waals surface area contributed by atoms with Crippen molar-refractivity contribution < 1.29 is 24.5 Å². The molecule has 2 aromatic carbocycles. The number of methoxy groups -OCH3 is 2. The van der Waals surface area contributed by atoms with Crippen LogP contribution in [-0.2, 0) is 0 Å². The topological polar surface area (TPSA) is 76.0 Å². The van der Waals surface area contributed by atoms with Crippen LogP contribution in [0.2, 0.25) is 0 Å². The predicted octanol–water partition coefficient (Wildman–Crippen LogP) is 3.10. The van der Waals surface area contributed by atoms with Crippen molar-refractivity contribution in [2.45, 2.75) is 12.8 Å². The Morgan fingerprint density at radius 1 is 1.00 bits per heavy atom. The van der Waals surface area contributed by atoms with Crippen LogP contribution < -0.4 is 9.47 Å². The third kappa shape index (κ3) is 3.14. The first-order valence-corrected chi connectivity index (χ1v) is 6.75. The molecule has 2 N–H and O–H groups in total. The maximum Gasteiger partial charge on any atom is 0.173 e. The Balaban J connectivity index is 2.38. The van der Waals surface area contributed by atoms with E-state index < -0.39 is 5.92 Å². The van der Waals surface area contributed by atoms with E-state index in [1.54, 1.807) is 25.1 Å². The van der Waals surface area contributed by atoms with Gasteiger partial charge in [-0.05, 0) is 29.8 Å². The van der Waals surface area contributed by atoms with E-state index in [1.807, 2.05) is 0 Å². The molecule has 0 amide bonds. The lowest BCUT2D eigenvalue weighted by Gasteiger charge is -2.15. The largest absolute Gasteiger partial charge is 0.508 e. The standard InChI is InChI=1S/C17H18O5/c1-10(11-6-13(21-2)9-14(7-11)22-3)17(20)15-5-4-12(18)8-16(15)19/h4-10,18-19H,1-3H3/t10-/m1/s1. The van der Waals surface area contributed by atoms with Gasteiger partial charge < -0.3 is 19.7 Å². The molecule has 0 aliphatic carbocycles. The number of benzene rings is 2. The highest BCUT2D eigenvalue weighted by Crippen LogP contribution is 2.32. The average Bonchev–Trinajstić information content (AvgIpc) is 2.53. The molecule has 2 rings (SSSR count). The molecule has 0 heterocycles. The van der Waals surface area contributed by atoms with Gasteiger partial charge in [0.2, 0.25) is 0 Å². The first-order valence-electron chi connectivity index (χ1n) is 6.75. The zero-order chi connectivity index (χ0) is 16.3. The maximum atomic E-state index is 12.6. The summed E-state index contributed by atoms with van der Waals surface area (Å²) in [6.45, 7) is 1.74. The van der Waals surface area contributed by atoms with Gasteiger partial charge in [0.15, 0.2) is 5.78 Å². The monoisotopic (exact) mass is 302 g/mol. The number of ether oxygens (including phenoxy) is 2. The summed E-state index contributed by atoms with van der Waals surface area (Å²) < 4.78 is 10.4. The quantitative estimate of drug-likeness (QED) is 0.830. The highest BCUT2D eigenvalue weighted by Gasteiger charge is 2.21. The van der Waals surface area contributed by atoms with Gasteiger partial charge in [-0.3, -0.25) is 4.79 Å². The third-order valence-electron chi connectivity index (χ3n) is 3.51. The van der Waals surface area contributed by atoms with E-state index in [4.69, 9.17) is 9.47 Å². The summed E-state index contributed by atoms with van der Waals surface area (Å²) in [4.78, 5) is 12.6. The fourth-order valence-corrected chi connectivity index (χ4v) is 2.19. The van der Waals surface area contributed by atoms with Gasteiger partial charge in [-0.2, -0.15) is 0 Å². The molecule has 0 unspecified atom stereocenters. The van der Waals surface area contributed by atoms with Crippen LogP contribution in [0.25, 0.3) is 0 Å². The zero-order valence-electron chi connectivity index (χ0n) is 12.7. The van der Waals surface area contributed by atoms with Gasteiger partial charge >= 0.3 is 0 Å². The molecule has 0 aliphatic heterocycles. The van der Waals surface area contributed by atoms with E-state index in [-0.39, 0.29) is 22.8 Å². The van der Waals surface area contributed by atoms with Crippen LogP contribution in [0.3, 0.4) is 0 Å². The molecule has 0 saturated carbocycles. The van der Waals surface area contributed by atoms with Crippen molar-refractivity contribution in [1.82, 2.24) is 0 Å². The Kier molecular flexibility index (Phi) is 4.56. The van der Waals surface area contributed by atoms with Crippen LogP contribution >= 0.6 is 0 Å². The zero-order valence-corrected chi connectivity index (χ0v) is 12.7. The number of hydrogen-bond donors (Lipinski definition) is 2. The minimum atomic E-state index is -0.501. The average molecular weight is 302 g/mol. The predicted molar refractivity (Wildman–Crippen MR) is 82.1 cm³/mol. The molecule has 0 bridgehead atoms. The number of carbonyl (C=O) groups excluding carboxylic acids is 1. The van der Waals surface area contributed by atoms with E-state index in [0.29, 0.717) is 17.1 Å². The number of Topliss-reactive ketones (excluding diaryl/α,β-unsaturated/α-hetero) is 1. The van der Waals surface area contributed by atoms with Crippen LogP contribution in [0.4, 0.5) is 0 Å². The van der Waals surface area contributed by atoms with Crippen molar-refractivity contribution in [2.75, 3.05) is 14.2 Å². The second kappa shape index (κ2) is 6.39. The number of phenolic OH excluding ortho intramolecular Hbond substituents is 2. The van der Waals surface area contributed by atoms with Gasteiger partial charge in [0.25, 0.3) is 0 Å². The highest BCUT2D eigenvalue weighted by molar-refractivity contribution is 6.03. The second-order valence-corrected chi connectivity index (χ2v) is 4.93. The van der Waals surface area contributed by atoms with Gasteiger partial charge in [-0.1, -0.05) is 6.92 Å². The van der Waals surface area contributed by atoms with Crippen LogP contribution in [0.1, 0.15) is 28.8 Å². The SMILES string of the molecule is COc1cc(OC)cc([C@@H](C)C(=O)c2ccc(O)cc2O)c1. The van der Waals surface area contributed by atoms with Crippen molar-refractivity contribution in [3.05, 3.63) is 47.5 Å². The Bertz CT molecular complexity index is 671. The fraction of sp³-hybridized carbons (Fsp3) is 0.235. The van der Waals surface area contributed by atoms with Crippen molar-refractivity contribution in [1.29, 1.82) is 0 Å². The van der Waals surface area contributed by atoms with Gasteiger partial charge in [-0.25, -0.2) is 0 Å². The molecule has 0 radical (unpaired) electrons. The van der Waals surface area contributed by atoms with Crippen LogP contribution in [0.15, 0.2) is 36.4 Å². The molecule has 1 atom stereocenters. The number of phenols is 2. The summed E-state index contributed by atoms with van der Waals surface area (Å²) in [5.41, 5.74) is 0.876. The van der Waals surface area contributed by atoms with Crippen molar-refractivity contribution in [2.24, 2.45) is 0 Å². The molecule has 2 aromatic rings. The Morgan fingerprint density at radius 2 is 1.59 bits per heavy atom. The number of hydrogen-bond acceptors (Lipinski definition) is 5. The molecule has 22 heavy (non-hydrogen) atoms. The summed E-state index contributed by atoms with van der Waals surface area (Å²) >= 11 is 0. The summed E-state index contributed by atoms with van der Waals surface area (Å²) in [6, 6.07) is 9.14. The molecule has 5 nitrogen and oxygen atoms in total. The Morgan fingerprint density at radius 3 is 2.09 bits per heavy atom. The molecular formula is C17H18O5. The molecule has 5 heteroatoms. The normalized spacial score (nSPS) is 11.8. The van der Waals surface area contributed by atoms with Crippen molar-refractivity contribution >= 4 is 5.78 Å². The summed E-state index contributed by atoms with van der Waals surface area (Å²) in [7, 11) is 3.08. The van der Waals surface area contributed by atoms with E-state index >= 15 is 0 Å².